The van der Waals surface area contributed by atoms with Crippen molar-refractivity contribution >= 4 is 35.6 Å². The SMILES string of the molecule is CN=C(NCCc1ccccc1)Nc1cccc(OCCCOC)c1.I. The summed E-state index contributed by atoms with van der Waals surface area (Å²) in [5.41, 5.74) is 2.24. The van der Waals surface area contributed by atoms with Crippen LogP contribution in [0, 0.1) is 0 Å². The molecule has 0 bridgehead atoms. The lowest BCUT2D eigenvalue weighted by molar-refractivity contribution is 0.172. The number of methoxy groups -OCH3 is 1. The number of hydrogen-bond acceptors (Lipinski definition) is 3. The third kappa shape index (κ3) is 8.53. The Hall–Kier alpha value is -1.80. The fourth-order valence-corrected chi connectivity index (χ4v) is 2.34. The van der Waals surface area contributed by atoms with Crippen LogP contribution in [-0.4, -0.2) is 39.9 Å². The van der Waals surface area contributed by atoms with Gasteiger partial charge in [0.15, 0.2) is 5.96 Å². The quantitative estimate of drug-likeness (QED) is 0.253. The lowest BCUT2D eigenvalue weighted by Crippen LogP contribution is -2.32. The van der Waals surface area contributed by atoms with Gasteiger partial charge in [-0.2, -0.15) is 0 Å². The summed E-state index contributed by atoms with van der Waals surface area (Å²) < 4.78 is 10.7. The summed E-state index contributed by atoms with van der Waals surface area (Å²) in [6.07, 6.45) is 1.82. The summed E-state index contributed by atoms with van der Waals surface area (Å²) in [6, 6.07) is 18.3. The second-order valence-corrected chi connectivity index (χ2v) is 5.58. The zero-order chi connectivity index (χ0) is 17.7. The highest BCUT2D eigenvalue weighted by Gasteiger charge is 2.01. The van der Waals surface area contributed by atoms with Gasteiger partial charge in [0.05, 0.1) is 6.61 Å². The number of anilines is 1. The number of ether oxygens (including phenoxy) is 2. The second-order valence-electron chi connectivity index (χ2n) is 5.58. The first-order valence-electron chi connectivity index (χ1n) is 8.55. The van der Waals surface area contributed by atoms with Crippen molar-refractivity contribution in [1.82, 2.24) is 5.32 Å². The molecule has 6 heteroatoms. The van der Waals surface area contributed by atoms with Crippen molar-refractivity contribution in [2.24, 2.45) is 4.99 Å². The van der Waals surface area contributed by atoms with Gasteiger partial charge in [-0.25, -0.2) is 0 Å². The first kappa shape index (κ1) is 22.2. The van der Waals surface area contributed by atoms with E-state index in [1.165, 1.54) is 5.56 Å². The van der Waals surface area contributed by atoms with Crippen LogP contribution < -0.4 is 15.4 Å². The number of hydrogen-bond donors (Lipinski definition) is 2. The third-order valence-corrected chi connectivity index (χ3v) is 3.63. The summed E-state index contributed by atoms with van der Waals surface area (Å²) in [6.45, 7) is 2.16. The van der Waals surface area contributed by atoms with E-state index >= 15 is 0 Å². The van der Waals surface area contributed by atoms with Gasteiger partial charge in [-0.1, -0.05) is 36.4 Å². The van der Waals surface area contributed by atoms with Crippen molar-refractivity contribution < 1.29 is 9.47 Å². The Morgan fingerprint density at radius 1 is 1.04 bits per heavy atom. The molecule has 0 aliphatic heterocycles. The third-order valence-electron chi connectivity index (χ3n) is 3.63. The van der Waals surface area contributed by atoms with Crippen LogP contribution in [0.15, 0.2) is 59.6 Å². The summed E-state index contributed by atoms with van der Waals surface area (Å²) in [5, 5.41) is 6.62. The van der Waals surface area contributed by atoms with E-state index in [2.05, 4.69) is 39.9 Å². The van der Waals surface area contributed by atoms with E-state index in [4.69, 9.17) is 9.47 Å². The molecule has 0 atom stereocenters. The largest absolute Gasteiger partial charge is 0.493 e. The Morgan fingerprint density at radius 3 is 2.58 bits per heavy atom. The fourth-order valence-electron chi connectivity index (χ4n) is 2.34. The molecule has 2 N–H and O–H groups in total. The first-order valence-corrected chi connectivity index (χ1v) is 8.55. The molecule has 0 spiro atoms. The van der Waals surface area contributed by atoms with Crippen LogP contribution in [0.3, 0.4) is 0 Å². The highest BCUT2D eigenvalue weighted by atomic mass is 127. The minimum absolute atomic E-state index is 0. The van der Waals surface area contributed by atoms with Crippen LogP contribution in [0.25, 0.3) is 0 Å². The van der Waals surface area contributed by atoms with Gasteiger partial charge in [-0.3, -0.25) is 4.99 Å². The number of nitrogens with zero attached hydrogens (tertiary/aromatic N) is 1. The predicted octanol–water partition coefficient (Wildman–Crippen LogP) is 3.95. The molecular weight excluding hydrogens is 441 g/mol. The fraction of sp³-hybridized carbons (Fsp3) is 0.350. The van der Waals surface area contributed by atoms with Crippen LogP contribution in [0.5, 0.6) is 5.75 Å². The number of guanidine groups is 1. The van der Waals surface area contributed by atoms with Gasteiger partial charge < -0.3 is 20.1 Å². The van der Waals surface area contributed by atoms with Crippen molar-refractivity contribution in [3.05, 3.63) is 60.2 Å². The Balaban J connectivity index is 0.00000338. The molecule has 2 rings (SSSR count). The number of nitrogens with one attached hydrogen (secondary N) is 2. The lowest BCUT2D eigenvalue weighted by atomic mass is 10.1. The average Bonchev–Trinajstić information content (AvgIpc) is 2.66. The molecule has 0 amide bonds. The van der Waals surface area contributed by atoms with Crippen molar-refractivity contribution in [1.29, 1.82) is 0 Å². The smallest absolute Gasteiger partial charge is 0.195 e. The molecule has 0 saturated heterocycles. The van der Waals surface area contributed by atoms with Crippen LogP contribution in [0.4, 0.5) is 5.69 Å². The van der Waals surface area contributed by atoms with Gasteiger partial charge >= 0.3 is 0 Å². The molecule has 142 valence electrons. The minimum Gasteiger partial charge on any atom is -0.493 e. The number of benzene rings is 2. The van der Waals surface area contributed by atoms with Crippen molar-refractivity contribution in [2.45, 2.75) is 12.8 Å². The molecule has 0 saturated carbocycles. The maximum absolute atomic E-state index is 5.72. The molecule has 0 radical (unpaired) electrons. The van der Waals surface area contributed by atoms with Crippen molar-refractivity contribution in [3.8, 4) is 5.75 Å². The Bertz CT molecular complexity index is 651. The zero-order valence-electron chi connectivity index (χ0n) is 15.4. The molecule has 26 heavy (non-hydrogen) atoms. The van der Waals surface area contributed by atoms with Crippen molar-refractivity contribution in [3.63, 3.8) is 0 Å². The van der Waals surface area contributed by atoms with Crippen LogP contribution in [0.1, 0.15) is 12.0 Å². The topological polar surface area (TPSA) is 54.9 Å². The standard InChI is InChI=1S/C20H27N3O2.HI/c1-21-20(22-13-12-17-8-4-3-5-9-17)23-18-10-6-11-19(16-18)25-15-7-14-24-2;/h3-6,8-11,16H,7,12-15H2,1-2H3,(H2,21,22,23);1H. The molecule has 2 aromatic rings. The number of halogens is 1. The molecule has 0 fully saturated rings. The number of aliphatic imine (C=N–C) groups is 1. The molecular formula is C20H28IN3O2. The van der Waals surface area contributed by atoms with E-state index in [0.29, 0.717) is 13.2 Å². The summed E-state index contributed by atoms with van der Waals surface area (Å²) >= 11 is 0. The molecule has 0 aromatic heterocycles. The van der Waals surface area contributed by atoms with E-state index in [1.54, 1.807) is 14.2 Å². The summed E-state index contributed by atoms with van der Waals surface area (Å²) in [4.78, 5) is 4.27. The zero-order valence-corrected chi connectivity index (χ0v) is 17.7. The van der Waals surface area contributed by atoms with E-state index in [1.807, 2.05) is 30.3 Å². The van der Waals surface area contributed by atoms with Gasteiger partial charge in [-0.05, 0) is 24.1 Å². The average molecular weight is 469 g/mol. The monoisotopic (exact) mass is 469 g/mol. The van der Waals surface area contributed by atoms with Gasteiger partial charge in [0.1, 0.15) is 5.75 Å². The predicted molar refractivity (Wildman–Crippen MR) is 119 cm³/mol. The highest BCUT2D eigenvalue weighted by Crippen LogP contribution is 2.17. The minimum atomic E-state index is 0. The Morgan fingerprint density at radius 2 is 1.85 bits per heavy atom. The van der Waals surface area contributed by atoms with Crippen LogP contribution in [-0.2, 0) is 11.2 Å². The second kappa shape index (κ2) is 13.4. The van der Waals surface area contributed by atoms with Crippen molar-refractivity contribution in [2.75, 3.05) is 39.2 Å². The molecule has 0 unspecified atom stereocenters. The van der Waals surface area contributed by atoms with Gasteiger partial charge in [0, 0.05) is 45.5 Å². The van der Waals surface area contributed by atoms with E-state index < -0.39 is 0 Å². The summed E-state index contributed by atoms with van der Waals surface area (Å²) in [7, 11) is 3.46. The van der Waals surface area contributed by atoms with Gasteiger partial charge in [0.25, 0.3) is 0 Å². The lowest BCUT2D eigenvalue weighted by Gasteiger charge is -2.13. The first-order chi connectivity index (χ1) is 12.3. The van der Waals surface area contributed by atoms with E-state index in [0.717, 1.165) is 36.8 Å². The van der Waals surface area contributed by atoms with E-state index in [-0.39, 0.29) is 24.0 Å². The van der Waals surface area contributed by atoms with E-state index in [9.17, 15) is 0 Å². The molecule has 0 aliphatic carbocycles. The number of rotatable bonds is 9. The highest BCUT2D eigenvalue weighted by molar-refractivity contribution is 14.0. The van der Waals surface area contributed by atoms with Gasteiger partial charge in [-0.15, -0.1) is 24.0 Å². The van der Waals surface area contributed by atoms with Crippen LogP contribution in [0.2, 0.25) is 0 Å². The summed E-state index contributed by atoms with van der Waals surface area (Å²) in [5.74, 6) is 1.58. The normalized spacial score (nSPS) is 10.8. The maximum Gasteiger partial charge on any atom is 0.195 e. The van der Waals surface area contributed by atoms with Gasteiger partial charge in [0.2, 0.25) is 0 Å². The Labute approximate surface area is 173 Å². The molecule has 0 heterocycles. The Kier molecular flexibility index (Phi) is 11.5. The molecule has 2 aromatic carbocycles. The van der Waals surface area contributed by atoms with Crippen LogP contribution >= 0.6 is 24.0 Å². The maximum atomic E-state index is 5.72. The molecule has 0 aliphatic rings. The molecule has 5 nitrogen and oxygen atoms in total.